The number of hydrogen-bond donors (Lipinski definition) is 1. The average Bonchev–Trinajstić information content (AvgIpc) is 3.00. The van der Waals surface area contributed by atoms with Gasteiger partial charge in [0, 0.05) is 19.3 Å². The molecule has 23 heavy (non-hydrogen) atoms. The third kappa shape index (κ3) is 4.33. The molecular formula is C18H16Cl2N2S. The number of aryl methyl sites for hydroxylation is 1. The first kappa shape index (κ1) is 16.5. The highest BCUT2D eigenvalue weighted by Gasteiger charge is 2.05. The zero-order valence-electron chi connectivity index (χ0n) is 12.6. The van der Waals surface area contributed by atoms with E-state index in [2.05, 4.69) is 41.5 Å². The molecule has 0 saturated heterocycles. The van der Waals surface area contributed by atoms with Crippen molar-refractivity contribution in [2.75, 3.05) is 0 Å². The van der Waals surface area contributed by atoms with Gasteiger partial charge in [0.05, 0.1) is 14.9 Å². The molecule has 1 aromatic heterocycles. The maximum absolute atomic E-state index is 6.02. The summed E-state index contributed by atoms with van der Waals surface area (Å²) in [4.78, 5) is 5.68. The summed E-state index contributed by atoms with van der Waals surface area (Å²) in [6.45, 7) is 3.56. The van der Waals surface area contributed by atoms with E-state index < -0.39 is 0 Å². The summed E-state index contributed by atoms with van der Waals surface area (Å²) < 4.78 is 0. The van der Waals surface area contributed by atoms with Gasteiger partial charge in [0.2, 0.25) is 0 Å². The minimum Gasteiger partial charge on any atom is -0.306 e. The van der Waals surface area contributed by atoms with Crippen LogP contribution >= 0.6 is 34.5 Å². The van der Waals surface area contributed by atoms with Gasteiger partial charge in [-0.3, -0.25) is 0 Å². The van der Waals surface area contributed by atoms with E-state index in [9.17, 15) is 0 Å². The molecule has 118 valence electrons. The molecule has 0 spiro atoms. The van der Waals surface area contributed by atoms with E-state index in [1.807, 2.05) is 24.4 Å². The van der Waals surface area contributed by atoms with E-state index in [1.165, 1.54) is 16.0 Å². The van der Waals surface area contributed by atoms with Crippen molar-refractivity contribution < 1.29 is 0 Å². The molecule has 1 N–H and O–H groups in total. The number of halogens is 2. The van der Waals surface area contributed by atoms with Crippen LogP contribution in [-0.2, 0) is 13.1 Å². The van der Waals surface area contributed by atoms with Gasteiger partial charge < -0.3 is 5.32 Å². The highest BCUT2D eigenvalue weighted by molar-refractivity contribution is 7.15. The second-order valence-electron chi connectivity index (χ2n) is 5.34. The van der Waals surface area contributed by atoms with E-state index in [0.29, 0.717) is 10.0 Å². The summed E-state index contributed by atoms with van der Waals surface area (Å²) in [5.41, 5.74) is 3.58. The third-order valence-electron chi connectivity index (χ3n) is 3.48. The third-order valence-corrected chi connectivity index (χ3v) is 5.26. The summed E-state index contributed by atoms with van der Waals surface area (Å²) in [5, 5.41) is 5.62. The molecule has 0 unspecified atom stereocenters. The summed E-state index contributed by atoms with van der Waals surface area (Å²) in [5.74, 6) is 0. The van der Waals surface area contributed by atoms with Crippen LogP contribution in [0.25, 0.3) is 10.4 Å². The van der Waals surface area contributed by atoms with Crippen LogP contribution in [0.3, 0.4) is 0 Å². The average molecular weight is 363 g/mol. The van der Waals surface area contributed by atoms with Crippen LogP contribution < -0.4 is 5.32 Å². The standard InChI is InChI=1S/C18H16Cl2N2S/c1-12-2-5-14(6-3-12)17-10-22-18(23-17)11-21-9-13-4-7-15(19)16(20)8-13/h2-8,10,21H,9,11H2,1H3. The van der Waals surface area contributed by atoms with Gasteiger partial charge in [-0.05, 0) is 30.2 Å². The number of benzene rings is 2. The quantitative estimate of drug-likeness (QED) is 0.628. The Morgan fingerprint density at radius 1 is 1.00 bits per heavy atom. The van der Waals surface area contributed by atoms with Gasteiger partial charge in [-0.15, -0.1) is 11.3 Å². The van der Waals surface area contributed by atoms with Gasteiger partial charge in [0.25, 0.3) is 0 Å². The Labute approximate surface area is 150 Å². The highest BCUT2D eigenvalue weighted by Crippen LogP contribution is 2.26. The van der Waals surface area contributed by atoms with Crippen molar-refractivity contribution in [1.29, 1.82) is 0 Å². The number of rotatable bonds is 5. The number of nitrogens with zero attached hydrogens (tertiary/aromatic N) is 1. The molecule has 0 radical (unpaired) electrons. The second-order valence-corrected chi connectivity index (χ2v) is 7.27. The van der Waals surface area contributed by atoms with Crippen LogP contribution in [0.4, 0.5) is 0 Å². The van der Waals surface area contributed by atoms with Crippen molar-refractivity contribution >= 4 is 34.5 Å². The van der Waals surface area contributed by atoms with Gasteiger partial charge in [0.1, 0.15) is 5.01 Å². The number of aromatic nitrogens is 1. The maximum Gasteiger partial charge on any atom is 0.107 e. The molecule has 1 heterocycles. The van der Waals surface area contributed by atoms with Crippen LogP contribution in [0.15, 0.2) is 48.7 Å². The fourth-order valence-electron chi connectivity index (χ4n) is 2.21. The Balaban J connectivity index is 1.59. The lowest BCUT2D eigenvalue weighted by molar-refractivity contribution is 0.690. The lowest BCUT2D eigenvalue weighted by Gasteiger charge is -2.04. The Morgan fingerprint density at radius 2 is 1.78 bits per heavy atom. The Morgan fingerprint density at radius 3 is 2.52 bits per heavy atom. The summed E-state index contributed by atoms with van der Waals surface area (Å²) in [6.07, 6.45) is 1.94. The molecule has 0 amide bonds. The van der Waals surface area contributed by atoms with Gasteiger partial charge >= 0.3 is 0 Å². The maximum atomic E-state index is 6.02. The molecule has 0 fully saturated rings. The summed E-state index contributed by atoms with van der Waals surface area (Å²) in [6, 6.07) is 14.2. The van der Waals surface area contributed by atoms with E-state index in [4.69, 9.17) is 23.2 Å². The van der Waals surface area contributed by atoms with Gasteiger partial charge in [-0.25, -0.2) is 4.98 Å². The van der Waals surface area contributed by atoms with Crippen molar-refractivity contribution in [3.05, 3.63) is 74.8 Å². The first-order valence-corrected chi connectivity index (χ1v) is 8.85. The highest BCUT2D eigenvalue weighted by atomic mass is 35.5. The Kier molecular flexibility index (Phi) is 5.34. The van der Waals surface area contributed by atoms with Crippen LogP contribution in [0, 0.1) is 6.92 Å². The molecule has 3 rings (SSSR count). The van der Waals surface area contributed by atoms with Crippen molar-refractivity contribution in [3.8, 4) is 10.4 Å². The van der Waals surface area contributed by atoms with E-state index in [1.54, 1.807) is 11.3 Å². The molecular weight excluding hydrogens is 347 g/mol. The predicted octanol–water partition coefficient (Wildman–Crippen LogP) is 5.72. The first-order chi connectivity index (χ1) is 11.1. The molecule has 0 aliphatic carbocycles. The molecule has 0 aliphatic heterocycles. The second kappa shape index (κ2) is 7.45. The minimum absolute atomic E-state index is 0.582. The smallest absolute Gasteiger partial charge is 0.107 e. The van der Waals surface area contributed by atoms with Crippen LogP contribution in [0.1, 0.15) is 16.1 Å². The molecule has 0 atom stereocenters. The molecule has 5 heteroatoms. The van der Waals surface area contributed by atoms with Crippen molar-refractivity contribution in [1.82, 2.24) is 10.3 Å². The van der Waals surface area contributed by atoms with Crippen molar-refractivity contribution in [2.45, 2.75) is 20.0 Å². The molecule has 2 nitrogen and oxygen atoms in total. The lowest BCUT2D eigenvalue weighted by Crippen LogP contribution is -2.12. The van der Waals surface area contributed by atoms with Crippen molar-refractivity contribution in [3.63, 3.8) is 0 Å². The number of hydrogen-bond acceptors (Lipinski definition) is 3. The normalized spacial score (nSPS) is 10.9. The fraction of sp³-hybridized carbons (Fsp3) is 0.167. The molecule has 0 saturated carbocycles. The zero-order valence-corrected chi connectivity index (χ0v) is 15.0. The van der Waals surface area contributed by atoms with Gasteiger partial charge in [-0.2, -0.15) is 0 Å². The van der Waals surface area contributed by atoms with Crippen molar-refractivity contribution in [2.24, 2.45) is 0 Å². The fourth-order valence-corrected chi connectivity index (χ4v) is 3.42. The summed E-state index contributed by atoms with van der Waals surface area (Å²) >= 11 is 13.7. The lowest BCUT2D eigenvalue weighted by atomic mass is 10.1. The molecule has 0 bridgehead atoms. The minimum atomic E-state index is 0.582. The Bertz CT molecular complexity index is 797. The van der Waals surface area contributed by atoms with Crippen LogP contribution in [0.2, 0.25) is 10.0 Å². The first-order valence-electron chi connectivity index (χ1n) is 7.28. The van der Waals surface area contributed by atoms with E-state index in [0.717, 1.165) is 23.7 Å². The molecule has 2 aromatic carbocycles. The van der Waals surface area contributed by atoms with Crippen LogP contribution in [-0.4, -0.2) is 4.98 Å². The predicted molar refractivity (Wildman–Crippen MR) is 99.3 cm³/mol. The SMILES string of the molecule is Cc1ccc(-c2cnc(CNCc3ccc(Cl)c(Cl)c3)s2)cc1. The topological polar surface area (TPSA) is 24.9 Å². The molecule has 3 aromatic rings. The number of nitrogens with one attached hydrogen (secondary N) is 1. The van der Waals surface area contributed by atoms with Crippen LogP contribution in [0.5, 0.6) is 0 Å². The van der Waals surface area contributed by atoms with E-state index in [-0.39, 0.29) is 0 Å². The van der Waals surface area contributed by atoms with E-state index >= 15 is 0 Å². The largest absolute Gasteiger partial charge is 0.306 e. The summed E-state index contributed by atoms with van der Waals surface area (Å²) in [7, 11) is 0. The monoisotopic (exact) mass is 362 g/mol. The zero-order chi connectivity index (χ0) is 16.2. The Hall–Kier alpha value is -1.39. The van der Waals surface area contributed by atoms with Gasteiger partial charge in [0.15, 0.2) is 0 Å². The number of thiazole rings is 1. The van der Waals surface area contributed by atoms with Gasteiger partial charge in [-0.1, -0.05) is 59.1 Å². The molecule has 0 aliphatic rings.